The van der Waals surface area contributed by atoms with Crippen LogP contribution >= 0.6 is 0 Å². The van der Waals surface area contributed by atoms with Gasteiger partial charge in [0.25, 0.3) is 0 Å². The fourth-order valence-electron chi connectivity index (χ4n) is 2.33. The van der Waals surface area contributed by atoms with Gasteiger partial charge in [0, 0.05) is 19.2 Å². The average molecular weight is 235 g/mol. The highest BCUT2D eigenvalue weighted by molar-refractivity contribution is 5.14. The SMILES string of the molecule is C[C@H]1CCOC[C@H](CO)N1Cc1ccccc1. The Labute approximate surface area is 103 Å². The quantitative estimate of drug-likeness (QED) is 0.865. The minimum atomic E-state index is 0.118. The summed E-state index contributed by atoms with van der Waals surface area (Å²) in [6, 6.07) is 11.0. The first kappa shape index (κ1) is 12.6. The molecule has 0 aromatic heterocycles. The second kappa shape index (κ2) is 6.15. The zero-order chi connectivity index (χ0) is 12.1. The Morgan fingerprint density at radius 3 is 2.82 bits per heavy atom. The normalized spacial score (nSPS) is 26.7. The second-order valence-corrected chi connectivity index (χ2v) is 4.71. The van der Waals surface area contributed by atoms with Crippen LogP contribution in [0.4, 0.5) is 0 Å². The monoisotopic (exact) mass is 235 g/mol. The van der Waals surface area contributed by atoms with Crippen LogP contribution in [0.3, 0.4) is 0 Å². The van der Waals surface area contributed by atoms with Crippen LogP contribution in [0.5, 0.6) is 0 Å². The Morgan fingerprint density at radius 2 is 2.12 bits per heavy atom. The van der Waals surface area contributed by atoms with Crippen LogP contribution in [-0.4, -0.2) is 41.9 Å². The number of hydrogen-bond donors (Lipinski definition) is 1. The van der Waals surface area contributed by atoms with Gasteiger partial charge >= 0.3 is 0 Å². The molecule has 0 spiro atoms. The molecule has 1 aliphatic rings. The van der Waals surface area contributed by atoms with E-state index in [4.69, 9.17) is 4.74 Å². The van der Waals surface area contributed by atoms with E-state index in [9.17, 15) is 5.11 Å². The summed E-state index contributed by atoms with van der Waals surface area (Å²) in [5.41, 5.74) is 1.29. The first-order valence-corrected chi connectivity index (χ1v) is 6.29. The van der Waals surface area contributed by atoms with Crippen molar-refractivity contribution in [3.8, 4) is 0 Å². The molecule has 0 radical (unpaired) electrons. The number of ether oxygens (including phenoxy) is 1. The summed E-state index contributed by atoms with van der Waals surface area (Å²) >= 11 is 0. The molecule has 3 heteroatoms. The number of hydrogen-bond acceptors (Lipinski definition) is 3. The van der Waals surface area contributed by atoms with Gasteiger partial charge in [0.1, 0.15) is 0 Å². The lowest BCUT2D eigenvalue weighted by atomic mass is 10.1. The summed E-state index contributed by atoms with van der Waals surface area (Å²) in [4.78, 5) is 2.35. The van der Waals surface area contributed by atoms with Crippen LogP contribution in [0.2, 0.25) is 0 Å². The molecular weight excluding hydrogens is 214 g/mol. The van der Waals surface area contributed by atoms with Gasteiger partial charge in [-0.15, -0.1) is 0 Å². The van der Waals surface area contributed by atoms with Crippen molar-refractivity contribution in [3.63, 3.8) is 0 Å². The summed E-state index contributed by atoms with van der Waals surface area (Å²) < 4.78 is 5.53. The Balaban J connectivity index is 2.09. The third-order valence-corrected chi connectivity index (χ3v) is 3.44. The van der Waals surface area contributed by atoms with Crippen molar-refractivity contribution in [2.75, 3.05) is 19.8 Å². The fraction of sp³-hybridized carbons (Fsp3) is 0.571. The van der Waals surface area contributed by atoms with E-state index in [1.165, 1.54) is 5.56 Å². The molecule has 0 bridgehead atoms. The molecule has 0 aliphatic carbocycles. The van der Waals surface area contributed by atoms with Gasteiger partial charge in [0.05, 0.1) is 19.3 Å². The molecule has 0 amide bonds. The van der Waals surface area contributed by atoms with E-state index in [1.807, 2.05) is 6.07 Å². The molecule has 0 saturated carbocycles. The third-order valence-electron chi connectivity index (χ3n) is 3.44. The van der Waals surface area contributed by atoms with E-state index in [0.717, 1.165) is 19.6 Å². The van der Waals surface area contributed by atoms with Gasteiger partial charge < -0.3 is 9.84 Å². The smallest absolute Gasteiger partial charge is 0.0644 e. The first-order chi connectivity index (χ1) is 8.31. The summed E-state index contributed by atoms with van der Waals surface area (Å²) in [5, 5.41) is 9.46. The van der Waals surface area contributed by atoms with Crippen molar-refractivity contribution >= 4 is 0 Å². The Hall–Kier alpha value is -0.900. The average Bonchev–Trinajstić information content (AvgIpc) is 2.54. The van der Waals surface area contributed by atoms with E-state index in [1.54, 1.807) is 0 Å². The van der Waals surface area contributed by atoms with Gasteiger partial charge in [0.2, 0.25) is 0 Å². The molecule has 0 unspecified atom stereocenters. The Morgan fingerprint density at radius 1 is 1.35 bits per heavy atom. The molecular formula is C14H21NO2. The Kier molecular flexibility index (Phi) is 4.54. The summed E-state index contributed by atoms with van der Waals surface area (Å²) in [7, 11) is 0. The molecule has 2 atom stereocenters. The lowest BCUT2D eigenvalue weighted by Crippen LogP contribution is -2.44. The number of nitrogens with zero attached hydrogens (tertiary/aromatic N) is 1. The highest BCUT2D eigenvalue weighted by atomic mass is 16.5. The zero-order valence-corrected chi connectivity index (χ0v) is 10.4. The molecule has 1 fully saturated rings. The third kappa shape index (κ3) is 3.28. The summed E-state index contributed by atoms with van der Waals surface area (Å²) in [6.07, 6.45) is 1.03. The molecule has 1 aromatic rings. The molecule has 94 valence electrons. The van der Waals surface area contributed by atoms with Crippen molar-refractivity contribution < 1.29 is 9.84 Å². The number of aliphatic hydroxyl groups excluding tert-OH is 1. The molecule has 1 aliphatic heterocycles. The van der Waals surface area contributed by atoms with E-state index < -0.39 is 0 Å². The molecule has 1 saturated heterocycles. The highest BCUT2D eigenvalue weighted by Gasteiger charge is 2.25. The number of aliphatic hydroxyl groups is 1. The van der Waals surface area contributed by atoms with Crippen LogP contribution in [0.1, 0.15) is 18.9 Å². The van der Waals surface area contributed by atoms with Gasteiger partial charge in [-0.1, -0.05) is 30.3 Å². The summed E-state index contributed by atoms with van der Waals surface area (Å²) in [6.45, 7) is 4.69. The maximum absolute atomic E-state index is 9.46. The summed E-state index contributed by atoms with van der Waals surface area (Å²) in [5.74, 6) is 0. The zero-order valence-electron chi connectivity index (χ0n) is 10.4. The lowest BCUT2D eigenvalue weighted by molar-refractivity contribution is 0.0500. The predicted molar refractivity (Wildman–Crippen MR) is 67.8 cm³/mol. The number of benzene rings is 1. The van der Waals surface area contributed by atoms with Crippen LogP contribution < -0.4 is 0 Å². The molecule has 3 nitrogen and oxygen atoms in total. The van der Waals surface area contributed by atoms with Crippen molar-refractivity contribution in [1.29, 1.82) is 0 Å². The lowest BCUT2D eigenvalue weighted by Gasteiger charge is -2.32. The molecule has 1 aromatic carbocycles. The van der Waals surface area contributed by atoms with Crippen LogP contribution in [0.25, 0.3) is 0 Å². The van der Waals surface area contributed by atoms with E-state index >= 15 is 0 Å². The highest BCUT2D eigenvalue weighted by Crippen LogP contribution is 2.17. The minimum Gasteiger partial charge on any atom is -0.395 e. The molecule has 17 heavy (non-hydrogen) atoms. The largest absolute Gasteiger partial charge is 0.395 e. The fourth-order valence-corrected chi connectivity index (χ4v) is 2.33. The van der Waals surface area contributed by atoms with Crippen LogP contribution in [0.15, 0.2) is 30.3 Å². The van der Waals surface area contributed by atoms with Gasteiger partial charge in [-0.3, -0.25) is 4.90 Å². The first-order valence-electron chi connectivity index (χ1n) is 6.29. The number of rotatable bonds is 3. The van der Waals surface area contributed by atoms with E-state index in [-0.39, 0.29) is 12.6 Å². The topological polar surface area (TPSA) is 32.7 Å². The van der Waals surface area contributed by atoms with Crippen molar-refractivity contribution in [2.45, 2.75) is 32.0 Å². The Bertz CT molecular complexity index is 328. The minimum absolute atomic E-state index is 0.118. The molecule has 2 rings (SSSR count). The van der Waals surface area contributed by atoms with Gasteiger partial charge in [-0.05, 0) is 18.9 Å². The van der Waals surface area contributed by atoms with Crippen molar-refractivity contribution in [1.82, 2.24) is 4.90 Å². The van der Waals surface area contributed by atoms with Crippen LogP contribution in [0, 0.1) is 0 Å². The predicted octanol–water partition coefficient (Wildman–Crippen LogP) is 1.66. The van der Waals surface area contributed by atoms with Gasteiger partial charge in [0.15, 0.2) is 0 Å². The van der Waals surface area contributed by atoms with E-state index in [0.29, 0.717) is 12.6 Å². The second-order valence-electron chi connectivity index (χ2n) is 4.71. The van der Waals surface area contributed by atoms with E-state index in [2.05, 4.69) is 36.1 Å². The molecule has 1 N–H and O–H groups in total. The molecule has 1 heterocycles. The maximum atomic E-state index is 9.46. The standard InChI is InChI=1S/C14H21NO2/c1-12-7-8-17-11-14(10-16)15(12)9-13-5-3-2-4-6-13/h2-6,12,14,16H,7-11H2,1H3/t12-,14-/m0/s1. The maximum Gasteiger partial charge on any atom is 0.0644 e. The van der Waals surface area contributed by atoms with Crippen LogP contribution in [-0.2, 0) is 11.3 Å². The van der Waals surface area contributed by atoms with Crippen molar-refractivity contribution in [3.05, 3.63) is 35.9 Å². The van der Waals surface area contributed by atoms with Crippen molar-refractivity contribution in [2.24, 2.45) is 0 Å². The van der Waals surface area contributed by atoms with Gasteiger partial charge in [-0.25, -0.2) is 0 Å². The van der Waals surface area contributed by atoms with Gasteiger partial charge in [-0.2, -0.15) is 0 Å².